The van der Waals surface area contributed by atoms with Crippen molar-refractivity contribution in [2.75, 3.05) is 51.7 Å². The highest BCUT2D eigenvalue weighted by molar-refractivity contribution is 5.89. The molecule has 1 aromatic carbocycles. The van der Waals surface area contributed by atoms with Gasteiger partial charge < -0.3 is 19.9 Å². The first kappa shape index (κ1) is 21.0. The van der Waals surface area contributed by atoms with Gasteiger partial charge in [0.15, 0.2) is 0 Å². The summed E-state index contributed by atoms with van der Waals surface area (Å²) in [5, 5.41) is 2.97. The highest BCUT2D eigenvalue weighted by atomic mass is 16.5. The predicted molar refractivity (Wildman–Crippen MR) is 117 cm³/mol. The molecule has 2 heterocycles. The maximum Gasteiger partial charge on any atom is 0.321 e. The van der Waals surface area contributed by atoms with Crippen molar-refractivity contribution in [2.24, 2.45) is 5.92 Å². The monoisotopic (exact) mass is 414 g/mol. The number of ether oxygens (including phenoxy) is 1. The quantitative estimate of drug-likeness (QED) is 0.804. The van der Waals surface area contributed by atoms with Gasteiger partial charge in [-0.25, -0.2) is 4.79 Å². The summed E-state index contributed by atoms with van der Waals surface area (Å²) in [5.41, 5.74) is 0.760. The second kappa shape index (κ2) is 9.69. The average molecular weight is 415 g/mol. The molecule has 0 unspecified atom stereocenters. The lowest BCUT2D eigenvalue weighted by Gasteiger charge is -2.41. The van der Waals surface area contributed by atoms with Crippen molar-refractivity contribution in [1.82, 2.24) is 14.7 Å². The molecule has 1 aliphatic carbocycles. The third kappa shape index (κ3) is 4.72. The Kier molecular flexibility index (Phi) is 6.77. The Morgan fingerprint density at radius 2 is 1.53 bits per heavy atom. The van der Waals surface area contributed by atoms with Crippen LogP contribution in [0.1, 0.15) is 38.5 Å². The zero-order valence-electron chi connectivity index (χ0n) is 18.0. The summed E-state index contributed by atoms with van der Waals surface area (Å²) < 4.78 is 5.16. The van der Waals surface area contributed by atoms with E-state index in [-0.39, 0.29) is 12.1 Å². The van der Waals surface area contributed by atoms with Crippen molar-refractivity contribution >= 4 is 17.6 Å². The Bertz CT molecular complexity index is 718. The molecule has 2 saturated heterocycles. The van der Waals surface area contributed by atoms with Gasteiger partial charge >= 0.3 is 6.03 Å². The minimum atomic E-state index is -0.0805. The third-order valence-electron chi connectivity index (χ3n) is 6.85. The van der Waals surface area contributed by atoms with E-state index in [4.69, 9.17) is 4.74 Å². The second-order valence-electron chi connectivity index (χ2n) is 8.70. The van der Waals surface area contributed by atoms with Crippen LogP contribution in [0.4, 0.5) is 10.5 Å². The van der Waals surface area contributed by atoms with Gasteiger partial charge in [-0.15, -0.1) is 0 Å². The molecule has 4 rings (SSSR count). The van der Waals surface area contributed by atoms with Crippen molar-refractivity contribution < 1.29 is 14.3 Å². The van der Waals surface area contributed by atoms with Crippen LogP contribution in [-0.4, -0.2) is 79.1 Å². The van der Waals surface area contributed by atoms with Gasteiger partial charge in [-0.3, -0.25) is 9.69 Å². The van der Waals surface area contributed by atoms with Crippen molar-refractivity contribution in [2.45, 2.75) is 44.6 Å². The van der Waals surface area contributed by atoms with Crippen LogP contribution in [0, 0.1) is 5.92 Å². The number of piperazine rings is 1. The number of anilines is 1. The number of likely N-dealkylation sites (tertiary alicyclic amines) is 1. The van der Waals surface area contributed by atoms with E-state index in [1.165, 1.54) is 12.8 Å². The smallest absolute Gasteiger partial charge is 0.321 e. The van der Waals surface area contributed by atoms with Gasteiger partial charge in [0.05, 0.1) is 13.2 Å². The summed E-state index contributed by atoms with van der Waals surface area (Å²) in [6.45, 7) is 4.64. The van der Waals surface area contributed by atoms with Crippen molar-refractivity contribution in [1.29, 1.82) is 0 Å². The number of carbonyl (C=O) groups excluding carboxylic acids is 2. The number of amides is 3. The number of benzene rings is 1. The van der Waals surface area contributed by atoms with Crippen molar-refractivity contribution in [3.63, 3.8) is 0 Å². The lowest BCUT2D eigenvalue weighted by molar-refractivity contribution is -0.138. The topological polar surface area (TPSA) is 65.1 Å². The van der Waals surface area contributed by atoms with Crippen LogP contribution in [-0.2, 0) is 4.79 Å². The summed E-state index contributed by atoms with van der Waals surface area (Å²) in [6, 6.07) is 7.28. The van der Waals surface area contributed by atoms with Gasteiger partial charge in [-0.05, 0) is 55.9 Å². The summed E-state index contributed by atoms with van der Waals surface area (Å²) in [6.07, 6.45) is 7.03. The highest BCUT2D eigenvalue weighted by Crippen LogP contribution is 2.32. The molecule has 3 fully saturated rings. The number of urea groups is 1. The van der Waals surface area contributed by atoms with Gasteiger partial charge in [0.2, 0.25) is 5.91 Å². The maximum absolute atomic E-state index is 13.3. The number of methoxy groups -OCH3 is 1. The Balaban J connectivity index is 1.35. The fraction of sp³-hybridized carbons (Fsp3) is 0.652. The Hall–Kier alpha value is -2.28. The van der Waals surface area contributed by atoms with E-state index in [2.05, 4.69) is 15.1 Å². The number of hydrogen-bond donors (Lipinski definition) is 1. The van der Waals surface area contributed by atoms with Crippen LogP contribution in [0.2, 0.25) is 0 Å². The van der Waals surface area contributed by atoms with Gasteiger partial charge in [0.25, 0.3) is 0 Å². The molecule has 1 N–H and O–H groups in total. The minimum absolute atomic E-state index is 0.00241. The Morgan fingerprint density at radius 3 is 2.13 bits per heavy atom. The largest absolute Gasteiger partial charge is 0.497 e. The molecule has 3 aliphatic rings. The second-order valence-corrected chi connectivity index (χ2v) is 8.70. The van der Waals surface area contributed by atoms with E-state index in [0.717, 1.165) is 63.3 Å². The van der Waals surface area contributed by atoms with E-state index in [9.17, 15) is 9.59 Å². The first-order valence-corrected chi connectivity index (χ1v) is 11.4. The predicted octanol–water partition coefficient (Wildman–Crippen LogP) is 3.03. The first-order valence-electron chi connectivity index (χ1n) is 11.4. The molecule has 3 amide bonds. The number of carbonyl (C=O) groups is 2. The Morgan fingerprint density at radius 1 is 0.900 bits per heavy atom. The maximum atomic E-state index is 13.3. The van der Waals surface area contributed by atoms with Crippen LogP contribution in [0.25, 0.3) is 0 Å². The molecule has 7 nitrogen and oxygen atoms in total. The molecule has 1 saturated carbocycles. The number of nitrogens with one attached hydrogen (secondary N) is 1. The Labute approximate surface area is 179 Å². The van der Waals surface area contributed by atoms with Crippen LogP contribution in [0.3, 0.4) is 0 Å². The lowest BCUT2D eigenvalue weighted by Crippen LogP contribution is -2.58. The third-order valence-corrected chi connectivity index (χ3v) is 6.85. The standard InChI is InChI=1S/C23H34N4O3/c1-30-20-10-8-19(9-11-20)24-23(29)27-16-14-25(15-17-27)21(18-6-2-3-7-18)22(28)26-12-4-5-13-26/h8-11,18,21H,2-7,12-17H2,1H3,(H,24,29)/t21-/m1/s1. The number of rotatable bonds is 5. The van der Waals surface area contributed by atoms with Crippen LogP contribution in [0.5, 0.6) is 5.75 Å². The van der Waals surface area contributed by atoms with Gasteiger partial charge in [-0.2, -0.15) is 0 Å². The fourth-order valence-corrected chi connectivity index (χ4v) is 5.13. The molecule has 1 atom stereocenters. The molecule has 164 valence electrons. The number of hydrogen-bond acceptors (Lipinski definition) is 4. The van der Waals surface area contributed by atoms with Crippen molar-refractivity contribution in [3.8, 4) is 5.75 Å². The van der Waals surface area contributed by atoms with Crippen LogP contribution >= 0.6 is 0 Å². The SMILES string of the molecule is COc1ccc(NC(=O)N2CCN([C@@H](C(=O)N3CCCC3)C3CCCC3)CC2)cc1. The summed E-state index contributed by atoms with van der Waals surface area (Å²) in [7, 11) is 1.63. The molecule has 30 heavy (non-hydrogen) atoms. The summed E-state index contributed by atoms with van der Waals surface area (Å²) in [4.78, 5) is 32.3. The molecule has 0 bridgehead atoms. The van der Waals surface area contributed by atoms with Crippen LogP contribution < -0.4 is 10.1 Å². The van der Waals surface area contributed by atoms with Crippen molar-refractivity contribution in [3.05, 3.63) is 24.3 Å². The average Bonchev–Trinajstić information content (AvgIpc) is 3.49. The van der Waals surface area contributed by atoms with Gasteiger partial charge in [-0.1, -0.05) is 12.8 Å². The molecule has 0 spiro atoms. The summed E-state index contributed by atoms with van der Waals surface area (Å²) in [5.74, 6) is 1.57. The molecule has 7 heteroatoms. The van der Waals surface area contributed by atoms with Crippen LogP contribution in [0.15, 0.2) is 24.3 Å². The molecule has 1 aromatic rings. The first-order chi connectivity index (χ1) is 14.7. The molecule has 2 aliphatic heterocycles. The summed E-state index contributed by atoms with van der Waals surface area (Å²) >= 11 is 0. The lowest BCUT2D eigenvalue weighted by atomic mass is 9.94. The highest BCUT2D eigenvalue weighted by Gasteiger charge is 2.39. The normalized spacial score (nSPS) is 21.6. The zero-order valence-corrected chi connectivity index (χ0v) is 18.0. The van der Waals surface area contributed by atoms with E-state index >= 15 is 0 Å². The van der Waals surface area contributed by atoms with Gasteiger partial charge in [0, 0.05) is 45.0 Å². The van der Waals surface area contributed by atoms with E-state index in [1.807, 2.05) is 29.2 Å². The van der Waals surface area contributed by atoms with E-state index in [0.29, 0.717) is 24.9 Å². The molecular formula is C23H34N4O3. The molecule has 0 aromatic heterocycles. The molecular weight excluding hydrogens is 380 g/mol. The zero-order chi connectivity index (χ0) is 20.9. The van der Waals surface area contributed by atoms with E-state index in [1.54, 1.807) is 7.11 Å². The van der Waals surface area contributed by atoms with Gasteiger partial charge in [0.1, 0.15) is 5.75 Å². The van der Waals surface area contributed by atoms with E-state index < -0.39 is 0 Å². The fourth-order valence-electron chi connectivity index (χ4n) is 5.13. The minimum Gasteiger partial charge on any atom is -0.497 e. The number of nitrogens with zero attached hydrogens (tertiary/aromatic N) is 3. The molecule has 0 radical (unpaired) electrons.